The summed E-state index contributed by atoms with van der Waals surface area (Å²) in [5, 5.41) is 74.2. The zero-order valence-corrected chi connectivity index (χ0v) is 25.4. The van der Waals surface area contributed by atoms with Crippen molar-refractivity contribution in [2.24, 2.45) is 0 Å². The van der Waals surface area contributed by atoms with Gasteiger partial charge in [0.05, 0.1) is 36.0 Å². The standard InChI is InChI=1S/C35H30O12/c1-13-4-18-26(21-9-17(46-3)10-24(41)30(21)33(43)28(18)22(39)5-13)27-19-6-14(2)25(35(45)47-12-16(38)11-36)32(42)31(19)34(44)29-20(27)7-15(37)8-23(29)40/h4-10,16,26-27,36-42H,11-12H2,1-3H3/t16-,26-,27+/m0/s1. The predicted octanol–water partition coefficient (Wildman–Crippen LogP) is 3.40. The van der Waals surface area contributed by atoms with Crippen LogP contribution < -0.4 is 4.74 Å². The lowest BCUT2D eigenvalue weighted by molar-refractivity contribution is 0.00906. The highest BCUT2D eigenvalue weighted by molar-refractivity contribution is 6.19. The van der Waals surface area contributed by atoms with Gasteiger partial charge in [-0.2, -0.15) is 0 Å². The monoisotopic (exact) mass is 642 g/mol. The van der Waals surface area contributed by atoms with Crippen LogP contribution in [0.25, 0.3) is 0 Å². The Morgan fingerprint density at radius 3 is 1.89 bits per heavy atom. The van der Waals surface area contributed by atoms with Crippen molar-refractivity contribution in [1.29, 1.82) is 0 Å². The fourth-order valence-corrected chi connectivity index (χ4v) is 6.81. The molecule has 4 aromatic rings. The Bertz CT molecular complexity index is 2030. The highest BCUT2D eigenvalue weighted by Crippen LogP contribution is 2.57. The SMILES string of the molecule is COc1cc(O)c2c(c1)[C@@H]([C@H]1c3cc(O)cc(O)c3C(=O)c3c1cc(C)c(C(=O)OC[C@@H](O)CO)c3O)c1cc(C)cc(O)c1C2=O. The van der Waals surface area contributed by atoms with Gasteiger partial charge >= 0.3 is 5.97 Å². The molecule has 0 saturated carbocycles. The van der Waals surface area contributed by atoms with Crippen LogP contribution in [0.2, 0.25) is 0 Å². The lowest BCUT2D eigenvalue weighted by Gasteiger charge is -2.39. The Kier molecular flexibility index (Phi) is 7.57. The van der Waals surface area contributed by atoms with Crippen LogP contribution in [0.3, 0.4) is 0 Å². The van der Waals surface area contributed by atoms with E-state index in [1.165, 1.54) is 44.4 Å². The van der Waals surface area contributed by atoms with Crippen molar-refractivity contribution in [3.63, 3.8) is 0 Å². The summed E-state index contributed by atoms with van der Waals surface area (Å²) in [6.45, 7) is 1.90. The fraction of sp³-hybridized carbons (Fsp3) is 0.229. The summed E-state index contributed by atoms with van der Waals surface area (Å²) in [5.41, 5.74) is 0.214. The first-order chi connectivity index (χ1) is 22.3. The van der Waals surface area contributed by atoms with Crippen molar-refractivity contribution in [2.75, 3.05) is 20.3 Å². The first-order valence-corrected chi connectivity index (χ1v) is 14.5. The third kappa shape index (κ3) is 4.80. The van der Waals surface area contributed by atoms with E-state index in [4.69, 9.17) is 14.6 Å². The van der Waals surface area contributed by atoms with Gasteiger partial charge in [-0.3, -0.25) is 9.59 Å². The molecule has 0 aromatic heterocycles. The van der Waals surface area contributed by atoms with Crippen molar-refractivity contribution in [3.8, 4) is 34.5 Å². The number of esters is 1. The first-order valence-electron chi connectivity index (χ1n) is 14.5. The summed E-state index contributed by atoms with van der Waals surface area (Å²) in [7, 11) is 1.37. The topological polar surface area (TPSA) is 211 Å². The van der Waals surface area contributed by atoms with Gasteiger partial charge in [0.2, 0.25) is 11.6 Å². The number of aromatic hydroxyl groups is 5. The highest BCUT2D eigenvalue weighted by atomic mass is 16.5. The molecule has 2 aliphatic carbocycles. The molecule has 3 atom stereocenters. The van der Waals surface area contributed by atoms with Crippen molar-refractivity contribution in [2.45, 2.75) is 31.8 Å². The molecule has 0 unspecified atom stereocenters. The Balaban J connectivity index is 1.71. The normalized spacial score (nSPS) is 16.9. The Morgan fingerprint density at radius 1 is 0.745 bits per heavy atom. The van der Waals surface area contributed by atoms with Gasteiger partial charge in [0.1, 0.15) is 52.8 Å². The largest absolute Gasteiger partial charge is 0.508 e. The first kappa shape index (κ1) is 31.4. The molecule has 6 rings (SSSR count). The summed E-state index contributed by atoms with van der Waals surface area (Å²) in [6, 6.07) is 9.53. The number of carbonyl (C=O) groups excluding carboxylic acids is 3. The summed E-state index contributed by atoms with van der Waals surface area (Å²) < 4.78 is 10.5. The molecule has 0 fully saturated rings. The number of aryl methyl sites for hydroxylation is 2. The van der Waals surface area contributed by atoms with E-state index < -0.39 is 71.5 Å². The van der Waals surface area contributed by atoms with Gasteiger partial charge in [0.15, 0.2) is 0 Å². The minimum absolute atomic E-state index is 0.110. The van der Waals surface area contributed by atoms with Crippen molar-refractivity contribution >= 4 is 17.5 Å². The highest BCUT2D eigenvalue weighted by Gasteiger charge is 2.47. The van der Waals surface area contributed by atoms with Crippen LogP contribution in [0.4, 0.5) is 0 Å². The molecule has 242 valence electrons. The number of rotatable bonds is 6. The number of ether oxygens (including phenoxy) is 2. The summed E-state index contributed by atoms with van der Waals surface area (Å²) in [5.74, 6) is -7.12. The predicted molar refractivity (Wildman–Crippen MR) is 164 cm³/mol. The molecular formula is C35H30O12. The molecule has 0 bridgehead atoms. The van der Waals surface area contributed by atoms with Gasteiger partial charge in [0.25, 0.3) is 0 Å². The molecule has 12 nitrogen and oxygen atoms in total. The number of aliphatic hydroxyl groups is 2. The molecule has 4 aromatic carbocycles. The number of aliphatic hydroxyl groups excluding tert-OH is 2. The molecule has 0 saturated heterocycles. The zero-order chi connectivity index (χ0) is 34.1. The maximum absolute atomic E-state index is 14.1. The van der Waals surface area contributed by atoms with Crippen LogP contribution in [-0.4, -0.2) is 79.7 Å². The van der Waals surface area contributed by atoms with Gasteiger partial charge in [-0.25, -0.2) is 4.79 Å². The van der Waals surface area contributed by atoms with Crippen molar-refractivity contribution in [3.05, 3.63) is 104 Å². The number of fused-ring (bicyclic) bond motifs is 4. The zero-order valence-electron chi connectivity index (χ0n) is 25.4. The molecule has 0 radical (unpaired) electrons. The number of phenolic OH excluding ortho intramolecular Hbond substituents is 5. The average Bonchev–Trinajstić information content (AvgIpc) is 2.99. The molecule has 7 N–H and O–H groups in total. The number of benzene rings is 4. The lowest BCUT2D eigenvalue weighted by Crippen LogP contribution is -2.30. The molecule has 0 spiro atoms. The number of carbonyl (C=O) groups is 3. The van der Waals surface area contributed by atoms with E-state index in [0.717, 1.165) is 6.07 Å². The van der Waals surface area contributed by atoms with E-state index in [0.29, 0.717) is 11.1 Å². The number of methoxy groups -OCH3 is 1. The Hall–Kier alpha value is -5.59. The second-order valence-electron chi connectivity index (χ2n) is 11.7. The van der Waals surface area contributed by atoms with Gasteiger partial charge < -0.3 is 45.2 Å². The maximum atomic E-state index is 14.1. The van der Waals surface area contributed by atoms with Gasteiger partial charge in [-0.15, -0.1) is 0 Å². The van der Waals surface area contributed by atoms with Gasteiger partial charge in [-0.1, -0.05) is 12.1 Å². The second-order valence-corrected chi connectivity index (χ2v) is 11.7. The lowest BCUT2D eigenvalue weighted by atomic mass is 9.63. The van der Waals surface area contributed by atoms with Gasteiger partial charge in [-0.05, 0) is 65.4 Å². The third-order valence-corrected chi connectivity index (χ3v) is 8.71. The molecule has 2 aliphatic rings. The third-order valence-electron chi connectivity index (χ3n) is 8.71. The minimum Gasteiger partial charge on any atom is -0.508 e. The Morgan fingerprint density at radius 2 is 1.28 bits per heavy atom. The molecule has 0 amide bonds. The molecule has 0 heterocycles. The van der Waals surface area contributed by atoms with E-state index in [9.17, 15) is 45.0 Å². The van der Waals surface area contributed by atoms with E-state index >= 15 is 0 Å². The van der Waals surface area contributed by atoms with Crippen LogP contribution >= 0.6 is 0 Å². The Labute approximate surface area is 267 Å². The van der Waals surface area contributed by atoms with E-state index in [1.807, 2.05) is 0 Å². The molecule has 47 heavy (non-hydrogen) atoms. The average molecular weight is 643 g/mol. The number of phenols is 5. The smallest absolute Gasteiger partial charge is 0.342 e. The second kappa shape index (κ2) is 11.3. The molecule has 12 heteroatoms. The number of hydrogen-bond acceptors (Lipinski definition) is 12. The van der Waals surface area contributed by atoms with Crippen LogP contribution in [-0.2, 0) is 4.74 Å². The summed E-state index contributed by atoms with van der Waals surface area (Å²) >= 11 is 0. The van der Waals surface area contributed by atoms with Crippen LogP contribution in [0.15, 0.2) is 42.5 Å². The van der Waals surface area contributed by atoms with Crippen LogP contribution in [0.1, 0.15) is 87.4 Å². The quantitative estimate of drug-likeness (QED) is 0.151. The minimum atomic E-state index is -1.39. The van der Waals surface area contributed by atoms with Crippen molar-refractivity contribution < 1.29 is 59.6 Å². The fourth-order valence-electron chi connectivity index (χ4n) is 6.81. The summed E-state index contributed by atoms with van der Waals surface area (Å²) in [4.78, 5) is 41.1. The van der Waals surface area contributed by atoms with Crippen LogP contribution in [0, 0.1) is 13.8 Å². The van der Waals surface area contributed by atoms with Crippen LogP contribution in [0.5, 0.6) is 34.5 Å². The molecule has 0 aliphatic heterocycles. The number of ketones is 2. The number of hydrogen-bond donors (Lipinski definition) is 7. The van der Waals surface area contributed by atoms with E-state index in [-0.39, 0.29) is 61.8 Å². The van der Waals surface area contributed by atoms with E-state index in [2.05, 4.69) is 0 Å². The summed E-state index contributed by atoms with van der Waals surface area (Å²) in [6.07, 6.45) is -1.39. The molecular weight excluding hydrogens is 612 g/mol. The van der Waals surface area contributed by atoms with E-state index in [1.54, 1.807) is 13.0 Å². The maximum Gasteiger partial charge on any atom is 0.342 e. The van der Waals surface area contributed by atoms with Gasteiger partial charge in [0, 0.05) is 24.0 Å². The van der Waals surface area contributed by atoms with Crippen molar-refractivity contribution in [1.82, 2.24) is 0 Å².